The number of benzene rings is 2. The number of nitrogens with zero attached hydrogens (tertiary/aromatic N) is 3. The van der Waals surface area contributed by atoms with Crippen molar-refractivity contribution in [2.24, 2.45) is 0 Å². The third-order valence-electron chi connectivity index (χ3n) is 5.45. The van der Waals surface area contributed by atoms with E-state index in [4.69, 9.17) is 4.74 Å². The molecule has 0 radical (unpaired) electrons. The molecule has 8 nitrogen and oxygen atoms in total. The molecule has 4 rings (SSSR count). The van der Waals surface area contributed by atoms with Crippen LogP contribution in [0.3, 0.4) is 0 Å². The highest BCUT2D eigenvalue weighted by atomic mass is 32.2. The first kappa shape index (κ1) is 27.8. The Morgan fingerprint density at radius 2 is 1.53 bits per heavy atom. The van der Waals surface area contributed by atoms with Gasteiger partial charge in [0, 0.05) is 24.6 Å². The number of aromatic nitrogens is 2. The van der Waals surface area contributed by atoms with E-state index in [-0.39, 0.29) is 45.4 Å². The number of alkyl halides is 6. The van der Waals surface area contributed by atoms with Gasteiger partial charge in [0.2, 0.25) is 11.0 Å². The van der Waals surface area contributed by atoms with Crippen LogP contribution in [0, 0.1) is 0 Å². The maximum absolute atomic E-state index is 13.2. The number of sulfonamides is 1. The molecule has 1 saturated heterocycles. The first-order valence-corrected chi connectivity index (χ1v) is 13.1. The van der Waals surface area contributed by atoms with Crippen molar-refractivity contribution in [3.63, 3.8) is 0 Å². The molecule has 38 heavy (non-hydrogen) atoms. The zero-order chi connectivity index (χ0) is 27.7. The van der Waals surface area contributed by atoms with Crippen molar-refractivity contribution in [2.75, 3.05) is 31.0 Å². The highest BCUT2D eigenvalue weighted by molar-refractivity contribution is 7.93. The lowest BCUT2D eigenvalue weighted by molar-refractivity contribution is -0.143. The normalized spacial score (nSPS) is 14.9. The van der Waals surface area contributed by atoms with Gasteiger partial charge < -0.3 is 9.64 Å². The van der Waals surface area contributed by atoms with Gasteiger partial charge in [0.05, 0.1) is 35.7 Å². The van der Waals surface area contributed by atoms with Gasteiger partial charge in [-0.05, 0) is 41.5 Å². The average Bonchev–Trinajstić information content (AvgIpc) is 3.29. The van der Waals surface area contributed by atoms with E-state index in [1.807, 2.05) is 0 Å². The molecule has 1 aliphatic heterocycles. The molecule has 0 spiro atoms. The van der Waals surface area contributed by atoms with Crippen LogP contribution < -0.4 is 4.72 Å². The predicted molar refractivity (Wildman–Crippen MR) is 124 cm³/mol. The van der Waals surface area contributed by atoms with Gasteiger partial charge in [-0.1, -0.05) is 12.1 Å². The van der Waals surface area contributed by atoms with Crippen LogP contribution in [-0.4, -0.2) is 54.9 Å². The fourth-order valence-electron chi connectivity index (χ4n) is 3.55. The van der Waals surface area contributed by atoms with Crippen molar-refractivity contribution < 1.29 is 44.3 Å². The summed E-state index contributed by atoms with van der Waals surface area (Å²) >= 11 is 0.708. The monoisotopic (exact) mass is 580 g/mol. The molecule has 1 N–H and O–H groups in total. The summed E-state index contributed by atoms with van der Waals surface area (Å²) in [7, 11) is -4.22. The van der Waals surface area contributed by atoms with Gasteiger partial charge in [-0.3, -0.25) is 9.52 Å². The number of halogens is 6. The molecule has 2 aromatic carbocycles. The van der Waals surface area contributed by atoms with Crippen molar-refractivity contribution in [3.8, 4) is 11.1 Å². The van der Waals surface area contributed by atoms with Crippen molar-refractivity contribution in [3.05, 3.63) is 59.4 Å². The molecular weight excluding hydrogens is 562 g/mol. The summed E-state index contributed by atoms with van der Waals surface area (Å²) in [5, 5.41) is -0.119. The Kier molecular flexibility index (Phi) is 7.67. The molecule has 2 heterocycles. The molecule has 1 fully saturated rings. The number of carbonyl (C=O) groups is 1. The smallest absolute Gasteiger partial charge is 0.378 e. The summed E-state index contributed by atoms with van der Waals surface area (Å²) in [6, 6.07) is 5.38. The fraction of sp³-hybridized carbons (Fsp3) is 0.318. The number of rotatable bonds is 6. The Labute approximate surface area is 216 Å². The lowest BCUT2D eigenvalue weighted by Crippen LogP contribution is -2.41. The maximum Gasteiger partial charge on any atom is 0.416 e. The van der Waals surface area contributed by atoms with Crippen LogP contribution in [0.4, 0.5) is 31.5 Å². The Hall–Kier alpha value is -3.24. The molecule has 0 bridgehead atoms. The van der Waals surface area contributed by atoms with Crippen LogP contribution in [0.1, 0.15) is 17.0 Å². The van der Waals surface area contributed by atoms with Gasteiger partial charge >= 0.3 is 12.4 Å². The largest absolute Gasteiger partial charge is 0.416 e. The third kappa shape index (κ3) is 6.60. The van der Waals surface area contributed by atoms with Crippen LogP contribution in [0.5, 0.6) is 0 Å². The van der Waals surface area contributed by atoms with Crippen LogP contribution >= 0.6 is 11.5 Å². The molecule has 0 aliphatic carbocycles. The first-order valence-electron chi connectivity index (χ1n) is 10.8. The second kappa shape index (κ2) is 10.5. The first-order chi connectivity index (χ1) is 17.7. The van der Waals surface area contributed by atoms with E-state index < -0.39 is 33.5 Å². The Bertz CT molecular complexity index is 1380. The minimum absolute atomic E-state index is 0.0110. The molecular formula is C22H18F6N4O4S2. The molecule has 0 saturated carbocycles. The van der Waals surface area contributed by atoms with Crippen molar-refractivity contribution in [1.29, 1.82) is 0 Å². The number of hydrogen-bond acceptors (Lipinski definition) is 7. The number of anilines is 1. The summed E-state index contributed by atoms with van der Waals surface area (Å²) in [5.41, 5.74) is -3.41. The highest BCUT2D eigenvalue weighted by Gasteiger charge is 2.37. The second-order valence-corrected chi connectivity index (χ2v) is 10.5. The summed E-state index contributed by atoms with van der Waals surface area (Å²) in [5.74, 6) is -0.121. The molecule has 1 aromatic heterocycles. The molecule has 1 amide bonds. The Balaban J connectivity index is 1.50. The second-order valence-electron chi connectivity index (χ2n) is 8.11. The molecule has 16 heteroatoms. The van der Waals surface area contributed by atoms with Gasteiger partial charge in [-0.25, -0.2) is 13.4 Å². The third-order valence-corrected chi connectivity index (χ3v) is 7.60. The van der Waals surface area contributed by atoms with E-state index in [0.717, 1.165) is 24.3 Å². The van der Waals surface area contributed by atoms with E-state index in [2.05, 4.69) is 14.1 Å². The van der Waals surface area contributed by atoms with E-state index >= 15 is 0 Å². The fourth-order valence-corrected chi connectivity index (χ4v) is 5.36. The zero-order valence-corrected chi connectivity index (χ0v) is 20.8. The van der Waals surface area contributed by atoms with Gasteiger partial charge in [0.15, 0.2) is 5.82 Å². The van der Waals surface area contributed by atoms with E-state index in [0.29, 0.717) is 50.0 Å². The van der Waals surface area contributed by atoms with Gasteiger partial charge in [0.1, 0.15) is 0 Å². The van der Waals surface area contributed by atoms with Gasteiger partial charge in [0.25, 0.3) is 10.0 Å². The summed E-state index contributed by atoms with van der Waals surface area (Å²) in [4.78, 5) is 17.6. The summed E-state index contributed by atoms with van der Waals surface area (Å²) in [6.45, 7) is 1.68. The number of carbonyl (C=O) groups excluding carboxylic acids is 1. The van der Waals surface area contributed by atoms with E-state index in [9.17, 15) is 39.6 Å². The van der Waals surface area contributed by atoms with E-state index in [1.165, 1.54) is 0 Å². The molecule has 204 valence electrons. The SMILES string of the molecule is O=C(Cc1nsc(NS(=O)(=O)c2ccc(-c3cc(C(F)(F)F)cc(C(F)(F)F)c3)cc2)n1)N1CCOCC1. The van der Waals surface area contributed by atoms with Gasteiger partial charge in [-0.2, -0.15) is 30.7 Å². The number of nitrogens with one attached hydrogen (secondary N) is 1. The van der Waals surface area contributed by atoms with Crippen molar-refractivity contribution in [1.82, 2.24) is 14.3 Å². The van der Waals surface area contributed by atoms with Crippen LogP contribution in [0.2, 0.25) is 0 Å². The van der Waals surface area contributed by atoms with Crippen molar-refractivity contribution >= 4 is 32.6 Å². The minimum Gasteiger partial charge on any atom is -0.378 e. The Morgan fingerprint density at radius 1 is 0.947 bits per heavy atom. The van der Waals surface area contributed by atoms with Crippen LogP contribution in [-0.2, 0) is 38.3 Å². The summed E-state index contributed by atoms with van der Waals surface area (Å²) in [6.07, 6.45) is -10.2. The predicted octanol–water partition coefficient (Wildman–Crippen LogP) is 4.44. The zero-order valence-electron chi connectivity index (χ0n) is 19.1. The number of amides is 1. The Morgan fingerprint density at radius 3 is 2.08 bits per heavy atom. The average molecular weight is 581 g/mol. The van der Waals surface area contributed by atoms with E-state index in [1.54, 1.807) is 4.90 Å². The number of hydrogen-bond donors (Lipinski definition) is 1. The lowest BCUT2D eigenvalue weighted by atomic mass is 9.99. The minimum atomic E-state index is -5.02. The summed E-state index contributed by atoms with van der Waals surface area (Å²) < 4.78 is 116. The van der Waals surface area contributed by atoms with Gasteiger partial charge in [-0.15, -0.1) is 0 Å². The molecule has 0 unspecified atom stereocenters. The molecule has 3 aromatic rings. The number of morpholine rings is 1. The molecule has 0 atom stereocenters. The van der Waals surface area contributed by atoms with Crippen LogP contribution in [0.15, 0.2) is 47.4 Å². The van der Waals surface area contributed by atoms with Crippen LogP contribution in [0.25, 0.3) is 11.1 Å². The number of ether oxygens (including phenoxy) is 1. The molecule has 1 aliphatic rings. The maximum atomic E-state index is 13.2. The lowest BCUT2D eigenvalue weighted by Gasteiger charge is -2.26. The standard InChI is InChI=1S/C22H18F6N4O4S2/c23-21(24,25)15-9-14(10-16(11-15)22(26,27)28)13-1-3-17(4-2-13)38(34,35)31-20-29-18(30-37-20)12-19(33)32-5-7-36-8-6-32/h1-4,9-11H,5-8,12H2,(H,29,30,31). The highest BCUT2D eigenvalue weighted by Crippen LogP contribution is 2.38. The quantitative estimate of drug-likeness (QED) is 0.433. The van der Waals surface area contributed by atoms with Crippen molar-refractivity contribution in [2.45, 2.75) is 23.7 Å². The topological polar surface area (TPSA) is 101 Å².